The van der Waals surface area contributed by atoms with Crippen LogP contribution in [0.3, 0.4) is 0 Å². The molecule has 0 radical (unpaired) electrons. The van der Waals surface area contributed by atoms with Gasteiger partial charge in [-0.15, -0.1) is 0 Å². The smallest absolute Gasteiger partial charge is 0.277 e. The second-order valence-electron chi connectivity index (χ2n) is 6.03. The summed E-state index contributed by atoms with van der Waals surface area (Å²) in [7, 11) is 0. The third kappa shape index (κ3) is 4.66. The topological polar surface area (TPSA) is 118 Å². The number of Topliss-reactive ketones (excluding diaryl/α,β-unsaturated/α-hetero) is 1. The van der Waals surface area contributed by atoms with Gasteiger partial charge in [0.2, 0.25) is 0 Å². The summed E-state index contributed by atoms with van der Waals surface area (Å²) in [6.07, 6.45) is 0. The summed E-state index contributed by atoms with van der Waals surface area (Å²) in [5, 5.41) is 2.69. The Bertz CT molecular complexity index is 1060. The summed E-state index contributed by atoms with van der Waals surface area (Å²) in [6, 6.07) is 15.7. The minimum atomic E-state index is -0.581. The number of amides is 1. The largest absolute Gasteiger partial charge is 0.382 e. The molecule has 142 valence electrons. The van der Waals surface area contributed by atoms with Crippen molar-refractivity contribution in [3.05, 3.63) is 81.6 Å². The van der Waals surface area contributed by atoms with Crippen molar-refractivity contribution in [3.8, 4) is 0 Å². The van der Waals surface area contributed by atoms with E-state index >= 15 is 0 Å². The summed E-state index contributed by atoms with van der Waals surface area (Å²) < 4.78 is 0. The zero-order chi connectivity index (χ0) is 20.1. The number of aromatic amines is 1. The van der Waals surface area contributed by atoms with Crippen molar-refractivity contribution in [2.45, 2.75) is 12.1 Å². The molecule has 3 rings (SSSR count). The summed E-state index contributed by atoms with van der Waals surface area (Å²) in [6.45, 7) is 1.91. The molecule has 0 bridgehead atoms. The number of benzene rings is 2. The highest BCUT2D eigenvalue weighted by Crippen LogP contribution is 2.18. The molecule has 0 aliphatic heterocycles. The van der Waals surface area contributed by atoms with Gasteiger partial charge in [-0.3, -0.25) is 19.4 Å². The maximum Gasteiger partial charge on any atom is 0.277 e. The van der Waals surface area contributed by atoms with Crippen LogP contribution in [0.2, 0.25) is 0 Å². The maximum absolute atomic E-state index is 12.3. The van der Waals surface area contributed by atoms with Crippen LogP contribution in [0.25, 0.3) is 0 Å². The van der Waals surface area contributed by atoms with Crippen molar-refractivity contribution >= 4 is 35.0 Å². The number of nitrogens with one attached hydrogen (secondary N) is 2. The fourth-order valence-electron chi connectivity index (χ4n) is 2.39. The van der Waals surface area contributed by atoms with Gasteiger partial charge in [-0.05, 0) is 19.1 Å². The van der Waals surface area contributed by atoms with Crippen LogP contribution < -0.4 is 16.6 Å². The Labute approximate surface area is 165 Å². The number of nitrogens with zero attached hydrogens (tertiary/aromatic N) is 1. The predicted octanol–water partition coefficient (Wildman–Crippen LogP) is 2.89. The molecule has 0 aliphatic carbocycles. The number of hydrogen-bond donors (Lipinski definition) is 3. The number of nitrogens with two attached hydrogens (primary N) is 1. The van der Waals surface area contributed by atoms with Gasteiger partial charge in [0, 0.05) is 11.1 Å². The molecule has 1 heterocycles. The van der Waals surface area contributed by atoms with Crippen LogP contribution in [0.1, 0.15) is 26.3 Å². The van der Waals surface area contributed by atoms with E-state index in [-0.39, 0.29) is 28.2 Å². The number of nitrogen functional groups attached to an aromatic ring is 1. The Morgan fingerprint density at radius 2 is 1.75 bits per heavy atom. The SMILES string of the molecule is Cc1ccc(C(=O)Nc2c(N)nc(SCC(=O)c3ccccc3)[nH]c2=O)cc1. The second-order valence-corrected chi connectivity index (χ2v) is 6.99. The molecule has 0 saturated carbocycles. The second kappa shape index (κ2) is 8.53. The van der Waals surface area contributed by atoms with Crippen LogP contribution in [-0.4, -0.2) is 27.4 Å². The number of rotatable bonds is 6. The van der Waals surface area contributed by atoms with Gasteiger partial charge in [-0.25, -0.2) is 4.98 Å². The van der Waals surface area contributed by atoms with Gasteiger partial charge in [0.05, 0.1) is 5.75 Å². The molecule has 1 aromatic heterocycles. The molecule has 0 fully saturated rings. The van der Waals surface area contributed by atoms with Crippen molar-refractivity contribution < 1.29 is 9.59 Å². The van der Waals surface area contributed by atoms with Gasteiger partial charge in [-0.2, -0.15) is 0 Å². The van der Waals surface area contributed by atoms with E-state index in [4.69, 9.17) is 5.73 Å². The first kappa shape index (κ1) is 19.4. The lowest BCUT2D eigenvalue weighted by atomic mass is 10.1. The first-order chi connectivity index (χ1) is 13.4. The normalized spacial score (nSPS) is 10.5. The molecule has 0 atom stereocenters. The number of aromatic nitrogens is 2. The Hall–Kier alpha value is -3.39. The van der Waals surface area contributed by atoms with Gasteiger partial charge in [0.25, 0.3) is 11.5 Å². The van der Waals surface area contributed by atoms with E-state index in [1.165, 1.54) is 0 Å². The number of anilines is 2. The highest BCUT2D eigenvalue weighted by atomic mass is 32.2. The lowest BCUT2D eigenvalue weighted by molar-refractivity contribution is 0.101. The zero-order valence-corrected chi connectivity index (χ0v) is 15.9. The number of aryl methyl sites for hydroxylation is 1. The molecule has 0 saturated heterocycles. The average Bonchev–Trinajstić information content (AvgIpc) is 2.70. The van der Waals surface area contributed by atoms with Crippen LogP contribution in [0.4, 0.5) is 11.5 Å². The van der Waals surface area contributed by atoms with E-state index in [2.05, 4.69) is 15.3 Å². The fourth-order valence-corrected chi connectivity index (χ4v) is 3.15. The van der Waals surface area contributed by atoms with E-state index in [1.54, 1.807) is 48.5 Å². The van der Waals surface area contributed by atoms with Gasteiger partial charge in [0.15, 0.2) is 16.8 Å². The highest BCUT2D eigenvalue weighted by molar-refractivity contribution is 7.99. The summed E-state index contributed by atoms with van der Waals surface area (Å²) in [4.78, 5) is 43.4. The first-order valence-electron chi connectivity index (χ1n) is 8.43. The molecular weight excluding hydrogens is 376 g/mol. The molecule has 4 N–H and O–H groups in total. The standard InChI is InChI=1S/C20H18N4O3S/c1-12-7-9-14(10-8-12)18(26)22-16-17(21)23-20(24-19(16)27)28-11-15(25)13-5-3-2-4-6-13/h2-10H,11H2,1H3,(H,22,26)(H3,21,23,24,27). The van der Waals surface area contributed by atoms with E-state index in [0.717, 1.165) is 17.3 Å². The first-order valence-corrected chi connectivity index (χ1v) is 9.41. The molecule has 2 aromatic carbocycles. The van der Waals surface area contributed by atoms with Crippen molar-refractivity contribution in [1.82, 2.24) is 9.97 Å². The maximum atomic E-state index is 12.3. The van der Waals surface area contributed by atoms with Gasteiger partial charge >= 0.3 is 0 Å². The monoisotopic (exact) mass is 394 g/mol. The molecule has 1 amide bonds. The third-order valence-corrected chi connectivity index (χ3v) is 4.79. The molecule has 0 unspecified atom stereocenters. The summed E-state index contributed by atoms with van der Waals surface area (Å²) in [5.74, 6) is -0.567. The van der Waals surface area contributed by atoms with Crippen molar-refractivity contribution in [3.63, 3.8) is 0 Å². The number of hydrogen-bond acceptors (Lipinski definition) is 6. The van der Waals surface area contributed by atoms with Gasteiger partial charge in [-0.1, -0.05) is 59.8 Å². The molecule has 7 nitrogen and oxygen atoms in total. The van der Waals surface area contributed by atoms with Crippen LogP contribution in [0.15, 0.2) is 64.5 Å². The molecule has 8 heteroatoms. The van der Waals surface area contributed by atoms with E-state index in [0.29, 0.717) is 11.1 Å². The van der Waals surface area contributed by atoms with Gasteiger partial charge < -0.3 is 11.1 Å². The third-order valence-electron chi connectivity index (χ3n) is 3.91. The highest BCUT2D eigenvalue weighted by Gasteiger charge is 2.15. The van der Waals surface area contributed by atoms with E-state index in [1.807, 2.05) is 13.0 Å². The Morgan fingerprint density at radius 3 is 2.39 bits per heavy atom. The lowest BCUT2D eigenvalue weighted by Gasteiger charge is -2.08. The van der Waals surface area contributed by atoms with Crippen LogP contribution in [0.5, 0.6) is 0 Å². The van der Waals surface area contributed by atoms with E-state index < -0.39 is 11.5 Å². The minimum absolute atomic E-state index is 0.0939. The van der Waals surface area contributed by atoms with Crippen LogP contribution in [0, 0.1) is 6.92 Å². The lowest BCUT2D eigenvalue weighted by Crippen LogP contribution is -2.23. The molecule has 0 spiro atoms. The molecular formula is C20H18N4O3S. The van der Waals surface area contributed by atoms with E-state index in [9.17, 15) is 14.4 Å². The Kier molecular flexibility index (Phi) is 5.90. The number of carbonyl (C=O) groups is 2. The van der Waals surface area contributed by atoms with Crippen molar-refractivity contribution in [2.24, 2.45) is 0 Å². The summed E-state index contributed by atoms with van der Waals surface area (Å²) in [5.41, 5.74) is 7.14. The Morgan fingerprint density at radius 1 is 1.07 bits per heavy atom. The predicted molar refractivity (Wildman–Crippen MR) is 110 cm³/mol. The zero-order valence-electron chi connectivity index (χ0n) is 15.1. The molecule has 0 aliphatic rings. The average molecular weight is 394 g/mol. The minimum Gasteiger partial charge on any atom is -0.382 e. The number of thioether (sulfide) groups is 1. The number of carbonyl (C=O) groups excluding carboxylic acids is 2. The van der Waals surface area contributed by atoms with Gasteiger partial charge in [0.1, 0.15) is 5.69 Å². The number of H-pyrrole nitrogens is 1. The van der Waals surface area contributed by atoms with Crippen molar-refractivity contribution in [1.29, 1.82) is 0 Å². The van der Waals surface area contributed by atoms with Crippen molar-refractivity contribution in [2.75, 3.05) is 16.8 Å². The molecule has 3 aromatic rings. The molecule has 28 heavy (non-hydrogen) atoms. The number of ketones is 1. The quantitative estimate of drug-likeness (QED) is 0.336. The van der Waals surface area contributed by atoms with Crippen LogP contribution >= 0.6 is 11.8 Å². The van der Waals surface area contributed by atoms with Crippen LogP contribution in [-0.2, 0) is 0 Å². The Balaban J connectivity index is 1.70. The summed E-state index contributed by atoms with van der Waals surface area (Å²) >= 11 is 1.07. The fraction of sp³-hybridized carbons (Fsp3) is 0.100.